The molecule has 0 aliphatic carbocycles. The number of benzene rings is 1. The first-order valence-electron chi connectivity index (χ1n) is 5.86. The SMILES string of the molecule is CC(C)Oc1cc2c(cc1CCN)OCC2. The van der Waals surface area contributed by atoms with Gasteiger partial charge in [-0.15, -0.1) is 0 Å². The predicted octanol–water partition coefficient (Wildman–Crippen LogP) is 1.91. The summed E-state index contributed by atoms with van der Waals surface area (Å²) in [5, 5.41) is 0. The smallest absolute Gasteiger partial charge is 0.123 e. The molecule has 1 aliphatic heterocycles. The van der Waals surface area contributed by atoms with Gasteiger partial charge in [-0.25, -0.2) is 0 Å². The van der Waals surface area contributed by atoms with E-state index in [1.807, 2.05) is 13.8 Å². The van der Waals surface area contributed by atoms with E-state index in [2.05, 4.69) is 12.1 Å². The molecule has 2 rings (SSSR count). The van der Waals surface area contributed by atoms with Crippen LogP contribution in [0.5, 0.6) is 11.5 Å². The van der Waals surface area contributed by atoms with E-state index < -0.39 is 0 Å². The quantitative estimate of drug-likeness (QED) is 0.844. The molecule has 1 aliphatic rings. The Morgan fingerprint density at radius 3 is 2.94 bits per heavy atom. The van der Waals surface area contributed by atoms with E-state index in [1.165, 1.54) is 5.56 Å². The van der Waals surface area contributed by atoms with Crippen LogP contribution in [0.1, 0.15) is 25.0 Å². The summed E-state index contributed by atoms with van der Waals surface area (Å²) in [5.74, 6) is 1.96. The summed E-state index contributed by atoms with van der Waals surface area (Å²) >= 11 is 0. The first kappa shape index (κ1) is 11.3. The van der Waals surface area contributed by atoms with Gasteiger partial charge in [0.1, 0.15) is 11.5 Å². The van der Waals surface area contributed by atoms with Crippen LogP contribution in [0.4, 0.5) is 0 Å². The summed E-state index contributed by atoms with van der Waals surface area (Å²) in [6.45, 7) is 5.49. The topological polar surface area (TPSA) is 44.5 Å². The fraction of sp³-hybridized carbons (Fsp3) is 0.538. The highest BCUT2D eigenvalue weighted by molar-refractivity contribution is 5.48. The van der Waals surface area contributed by atoms with Crippen LogP contribution in [0.2, 0.25) is 0 Å². The fourth-order valence-corrected chi connectivity index (χ4v) is 1.96. The summed E-state index contributed by atoms with van der Waals surface area (Å²) in [7, 11) is 0. The molecule has 0 amide bonds. The van der Waals surface area contributed by atoms with Crippen LogP contribution in [0, 0.1) is 0 Å². The van der Waals surface area contributed by atoms with Crippen molar-refractivity contribution in [2.24, 2.45) is 5.73 Å². The minimum absolute atomic E-state index is 0.192. The van der Waals surface area contributed by atoms with Crippen LogP contribution in [0.3, 0.4) is 0 Å². The van der Waals surface area contributed by atoms with Crippen molar-refractivity contribution in [2.75, 3.05) is 13.2 Å². The molecular formula is C13H19NO2. The van der Waals surface area contributed by atoms with Crippen molar-refractivity contribution in [3.8, 4) is 11.5 Å². The second kappa shape index (κ2) is 4.74. The van der Waals surface area contributed by atoms with E-state index in [9.17, 15) is 0 Å². The predicted molar refractivity (Wildman–Crippen MR) is 64.2 cm³/mol. The van der Waals surface area contributed by atoms with E-state index >= 15 is 0 Å². The zero-order valence-electron chi connectivity index (χ0n) is 9.95. The number of fused-ring (bicyclic) bond motifs is 1. The number of ether oxygens (including phenoxy) is 2. The van der Waals surface area contributed by atoms with Crippen LogP contribution in [-0.4, -0.2) is 19.3 Å². The Labute approximate surface area is 96.5 Å². The molecule has 0 unspecified atom stereocenters. The standard InChI is InChI=1S/C13H19NO2/c1-9(2)16-13-8-11-4-6-15-12(11)7-10(13)3-5-14/h7-9H,3-6,14H2,1-2H3. The highest BCUT2D eigenvalue weighted by Crippen LogP contribution is 2.33. The summed E-state index contributed by atoms with van der Waals surface area (Å²) < 4.78 is 11.4. The van der Waals surface area contributed by atoms with Crippen molar-refractivity contribution in [1.29, 1.82) is 0 Å². The van der Waals surface area contributed by atoms with E-state index in [-0.39, 0.29) is 6.10 Å². The maximum Gasteiger partial charge on any atom is 0.123 e. The van der Waals surface area contributed by atoms with Crippen LogP contribution in [0.15, 0.2) is 12.1 Å². The summed E-state index contributed by atoms with van der Waals surface area (Å²) in [4.78, 5) is 0. The minimum atomic E-state index is 0.192. The minimum Gasteiger partial charge on any atom is -0.493 e. The molecule has 1 heterocycles. The molecule has 3 heteroatoms. The van der Waals surface area contributed by atoms with E-state index in [1.54, 1.807) is 0 Å². The van der Waals surface area contributed by atoms with E-state index in [0.29, 0.717) is 6.54 Å². The molecule has 1 aromatic rings. The lowest BCUT2D eigenvalue weighted by Crippen LogP contribution is -2.10. The molecule has 0 saturated carbocycles. The van der Waals surface area contributed by atoms with Crippen LogP contribution in [-0.2, 0) is 12.8 Å². The lowest BCUT2D eigenvalue weighted by molar-refractivity contribution is 0.239. The van der Waals surface area contributed by atoms with Crippen LogP contribution < -0.4 is 15.2 Å². The van der Waals surface area contributed by atoms with Gasteiger partial charge in [0.15, 0.2) is 0 Å². The molecule has 0 saturated heterocycles. The fourth-order valence-electron chi connectivity index (χ4n) is 1.96. The van der Waals surface area contributed by atoms with Crippen molar-refractivity contribution in [1.82, 2.24) is 0 Å². The van der Waals surface area contributed by atoms with Gasteiger partial charge in [0.2, 0.25) is 0 Å². The second-order valence-electron chi connectivity index (χ2n) is 4.37. The molecule has 3 nitrogen and oxygen atoms in total. The lowest BCUT2D eigenvalue weighted by atomic mass is 10.1. The maximum atomic E-state index is 5.81. The normalized spacial score (nSPS) is 13.8. The summed E-state index contributed by atoms with van der Waals surface area (Å²) in [6, 6.07) is 4.18. The van der Waals surface area contributed by atoms with Crippen LogP contribution in [0.25, 0.3) is 0 Å². The number of hydrogen-bond donors (Lipinski definition) is 1. The molecule has 88 valence electrons. The lowest BCUT2D eigenvalue weighted by Gasteiger charge is -2.15. The Kier molecular flexibility index (Phi) is 3.34. The first-order chi connectivity index (χ1) is 7.70. The molecule has 0 radical (unpaired) electrons. The Bertz CT molecular complexity index is 374. The molecule has 0 fully saturated rings. The van der Waals surface area contributed by atoms with Crippen molar-refractivity contribution in [2.45, 2.75) is 32.8 Å². The first-order valence-corrected chi connectivity index (χ1v) is 5.86. The number of rotatable bonds is 4. The zero-order chi connectivity index (χ0) is 11.5. The Hall–Kier alpha value is -1.22. The molecule has 0 aromatic heterocycles. The Balaban J connectivity index is 2.32. The van der Waals surface area contributed by atoms with Crippen molar-refractivity contribution in [3.63, 3.8) is 0 Å². The Morgan fingerprint density at radius 1 is 1.44 bits per heavy atom. The van der Waals surface area contributed by atoms with Gasteiger partial charge in [-0.2, -0.15) is 0 Å². The Morgan fingerprint density at radius 2 is 2.25 bits per heavy atom. The van der Waals surface area contributed by atoms with Gasteiger partial charge in [-0.05, 0) is 44.5 Å². The third-order valence-electron chi connectivity index (χ3n) is 2.65. The maximum absolute atomic E-state index is 5.81. The molecule has 2 N–H and O–H groups in total. The number of hydrogen-bond acceptors (Lipinski definition) is 3. The van der Waals surface area contributed by atoms with Gasteiger partial charge in [-0.3, -0.25) is 0 Å². The van der Waals surface area contributed by atoms with E-state index in [4.69, 9.17) is 15.2 Å². The highest BCUT2D eigenvalue weighted by Gasteiger charge is 2.16. The average molecular weight is 221 g/mol. The molecule has 1 aromatic carbocycles. The third kappa shape index (κ3) is 2.30. The van der Waals surface area contributed by atoms with Crippen LogP contribution >= 0.6 is 0 Å². The molecular weight excluding hydrogens is 202 g/mol. The molecule has 0 spiro atoms. The zero-order valence-corrected chi connectivity index (χ0v) is 9.95. The van der Waals surface area contributed by atoms with Crippen molar-refractivity contribution in [3.05, 3.63) is 23.3 Å². The molecule has 0 bridgehead atoms. The number of nitrogens with two attached hydrogens (primary N) is 1. The molecule has 0 atom stereocenters. The monoisotopic (exact) mass is 221 g/mol. The average Bonchev–Trinajstić information content (AvgIpc) is 2.64. The van der Waals surface area contributed by atoms with Gasteiger partial charge < -0.3 is 15.2 Å². The third-order valence-corrected chi connectivity index (χ3v) is 2.65. The largest absolute Gasteiger partial charge is 0.493 e. The van der Waals surface area contributed by atoms with Crippen molar-refractivity contribution >= 4 is 0 Å². The van der Waals surface area contributed by atoms with E-state index in [0.717, 1.165) is 36.5 Å². The summed E-state index contributed by atoms with van der Waals surface area (Å²) in [5.41, 5.74) is 8.01. The highest BCUT2D eigenvalue weighted by atomic mass is 16.5. The van der Waals surface area contributed by atoms with Gasteiger partial charge in [0.25, 0.3) is 0 Å². The second-order valence-corrected chi connectivity index (χ2v) is 4.37. The van der Waals surface area contributed by atoms with Gasteiger partial charge in [-0.1, -0.05) is 0 Å². The van der Waals surface area contributed by atoms with Gasteiger partial charge in [0.05, 0.1) is 12.7 Å². The molecule has 16 heavy (non-hydrogen) atoms. The van der Waals surface area contributed by atoms with Gasteiger partial charge in [0, 0.05) is 12.0 Å². The summed E-state index contributed by atoms with van der Waals surface area (Å²) in [6.07, 6.45) is 2.00. The van der Waals surface area contributed by atoms with Crippen molar-refractivity contribution < 1.29 is 9.47 Å². The van der Waals surface area contributed by atoms with Gasteiger partial charge >= 0.3 is 0 Å².